The van der Waals surface area contributed by atoms with E-state index >= 15 is 0 Å². The van der Waals surface area contributed by atoms with Crippen LogP contribution in [-0.2, 0) is 0 Å². The fourth-order valence-corrected chi connectivity index (χ4v) is 3.19. The zero-order valence-corrected chi connectivity index (χ0v) is 13.9. The van der Waals surface area contributed by atoms with Crippen molar-refractivity contribution < 1.29 is 9.32 Å². The lowest BCUT2D eigenvalue weighted by molar-refractivity contribution is 0.0777. The van der Waals surface area contributed by atoms with Crippen molar-refractivity contribution in [1.29, 1.82) is 0 Å². The summed E-state index contributed by atoms with van der Waals surface area (Å²) in [5, 5.41) is 4.05. The molecule has 6 nitrogen and oxygen atoms in total. The Hall–Kier alpha value is -2.21. The molecule has 1 saturated heterocycles. The van der Waals surface area contributed by atoms with E-state index in [9.17, 15) is 4.79 Å². The molecular formula is C18H22N4O2. The topological polar surface area (TPSA) is 85.2 Å². The van der Waals surface area contributed by atoms with Crippen molar-refractivity contribution in [2.75, 3.05) is 19.6 Å². The Morgan fingerprint density at radius 1 is 1.46 bits per heavy atom. The van der Waals surface area contributed by atoms with Gasteiger partial charge in [-0.3, -0.25) is 4.79 Å². The molecule has 1 atom stereocenters. The van der Waals surface area contributed by atoms with E-state index in [-0.39, 0.29) is 11.3 Å². The van der Waals surface area contributed by atoms with E-state index in [1.807, 2.05) is 29.2 Å². The maximum atomic E-state index is 12.8. The molecule has 2 heterocycles. The summed E-state index contributed by atoms with van der Waals surface area (Å²) >= 11 is 0. The molecule has 6 heteroatoms. The Morgan fingerprint density at radius 3 is 3.00 bits per heavy atom. The molecule has 126 valence electrons. The maximum absolute atomic E-state index is 12.8. The number of rotatable bonds is 4. The van der Waals surface area contributed by atoms with Crippen molar-refractivity contribution in [2.45, 2.75) is 32.1 Å². The second-order valence-corrected chi connectivity index (χ2v) is 7.30. The Morgan fingerprint density at radius 2 is 2.29 bits per heavy atom. The van der Waals surface area contributed by atoms with Crippen LogP contribution in [0.25, 0.3) is 11.4 Å². The molecule has 2 aromatic rings. The predicted molar refractivity (Wildman–Crippen MR) is 89.4 cm³/mol. The summed E-state index contributed by atoms with van der Waals surface area (Å²) in [6.07, 6.45) is 3.19. The van der Waals surface area contributed by atoms with Crippen molar-refractivity contribution in [2.24, 2.45) is 11.1 Å². The van der Waals surface area contributed by atoms with E-state index < -0.39 is 0 Å². The van der Waals surface area contributed by atoms with E-state index in [0.717, 1.165) is 31.4 Å². The van der Waals surface area contributed by atoms with Crippen LogP contribution in [0.2, 0.25) is 0 Å². The smallest absolute Gasteiger partial charge is 0.253 e. The highest BCUT2D eigenvalue weighted by Crippen LogP contribution is 2.39. The number of amides is 1. The highest BCUT2D eigenvalue weighted by molar-refractivity contribution is 5.95. The summed E-state index contributed by atoms with van der Waals surface area (Å²) < 4.78 is 5.31. The highest BCUT2D eigenvalue weighted by atomic mass is 16.5. The van der Waals surface area contributed by atoms with Crippen LogP contribution in [0.4, 0.5) is 0 Å². The van der Waals surface area contributed by atoms with Crippen LogP contribution in [0.15, 0.2) is 28.8 Å². The second kappa shape index (κ2) is 5.70. The van der Waals surface area contributed by atoms with Gasteiger partial charge in [0.2, 0.25) is 11.7 Å². The molecule has 0 spiro atoms. The van der Waals surface area contributed by atoms with Crippen LogP contribution in [-0.4, -0.2) is 40.6 Å². The van der Waals surface area contributed by atoms with Gasteiger partial charge in [0.05, 0.1) is 0 Å². The van der Waals surface area contributed by atoms with E-state index in [0.29, 0.717) is 36.3 Å². The van der Waals surface area contributed by atoms with Gasteiger partial charge in [-0.1, -0.05) is 24.2 Å². The lowest BCUT2D eigenvalue weighted by Gasteiger charge is -2.22. The van der Waals surface area contributed by atoms with Crippen molar-refractivity contribution in [1.82, 2.24) is 15.0 Å². The normalized spacial score (nSPS) is 23.7. The molecule has 2 aliphatic rings. The third kappa shape index (κ3) is 2.82. The summed E-state index contributed by atoms with van der Waals surface area (Å²) in [7, 11) is 0. The average molecular weight is 326 g/mol. The SMILES string of the molecule is CC1(CN)CCN(C(=O)c2cccc(-c3noc(C4CC4)n3)c2)C1. The zero-order valence-electron chi connectivity index (χ0n) is 13.9. The first-order chi connectivity index (χ1) is 11.6. The van der Waals surface area contributed by atoms with Crippen LogP contribution in [0, 0.1) is 5.41 Å². The molecule has 2 fully saturated rings. The van der Waals surface area contributed by atoms with Gasteiger partial charge in [-0.25, -0.2) is 0 Å². The minimum absolute atomic E-state index is 0.0279. The summed E-state index contributed by atoms with van der Waals surface area (Å²) in [6, 6.07) is 7.47. The fourth-order valence-electron chi connectivity index (χ4n) is 3.19. The van der Waals surface area contributed by atoms with Gasteiger partial charge in [0.1, 0.15) is 0 Å². The van der Waals surface area contributed by atoms with E-state index in [4.69, 9.17) is 10.3 Å². The van der Waals surface area contributed by atoms with Gasteiger partial charge < -0.3 is 15.2 Å². The van der Waals surface area contributed by atoms with E-state index in [1.165, 1.54) is 0 Å². The van der Waals surface area contributed by atoms with Gasteiger partial charge in [0, 0.05) is 30.1 Å². The van der Waals surface area contributed by atoms with Gasteiger partial charge in [-0.15, -0.1) is 0 Å². The van der Waals surface area contributed by atoms with Crippen LogP contribution in [0.5, 0.6) is 0 Å². The Kier molecular flexibility index (Phi) is 3.64. The second-order valence-electron chi connectivity index (χ2n) is 7.30. The van der Waals surface area contributed by atoms with Crippen molar-refractivity contribution >= 4 is 5.91 Å². The summed E-state index contributed by atoms with van der Waals surface area (Å²) in [5.74, 6) is 1.73. The number of carbonyl (C=O) groups excluding carboxylic acids is 1. The number of aromatic nitrogens is 2. The molecule has 1 aliphatic carbocycles. The molecule has 1 saturated carbocycles. The van der Waals surface area contributed by atoms with Gasteiger partial charge in [-0.2, -0.15) is 4.98 Å². The molecule has 4 rings (SSSR count). The van der Waals surface area contributed by atoms with Crippen molar-refractivity contribution in [3.05, 3.63) is 35.7 Å². The lowest BCUT2D eigenvalue weighted by Crippen LogP contribution is -2.34. The van der Waals surface area contributed by atoms with E-state index in [2.05, 4.69) is 17.1 Å². The number of nitrogens with two attached hydrogens (primary N) is 1. The van der Waals surface area contributed by atoms with Gasteiger partial charge >= 0.3 is 0 Å². The first-order valence-electron chi connectivity index (χ1n) is 8.51. The summed E-state index contributed by atoms with van der Waals surface area (Å²) in [4.78, 5) is 19.1. The third-order valence-electron chi connectivity index (χ3n) is 5.07. The predicted octanol–water partition coefficient (Wildman–Crippen LogP) is 2.42. The Bertz CT molecular complexity index is 768. The van der Waals surface area contributed by atoms with Gasteiger partial charge in [0.25, 0.3) is 5.91 Å². The van der Waals surface area contributed by atoms with Crippen LogP contribution in [0.1, 0.15) is 48.4 Å². The number of nitrogens with zero attached hydrogens (tertiary/aromatic N) is 3. The van der Waals surface area contributed by atoms with Gasteiger partial charge in [-0.05, 0) is 43.4 Å². The highest BCUT2D eigenvalue weighted by Gasteiger charge is 2.35. The largest absolute Gasteiger partial charge is 0.339 e. The Labute approximate surface area is 141 Å². The third-order valence-corrected chi connectivity index (χ3v) is 5.07. The van der Waals surface area contributed by atoms with Crippen molar-refractivity contribution in [3.8, 4) is 11.4 Å². The molecule has 1 amide bonds. The standard InChI is InChI=1S/C18H22N4O2/c1-18(10-19)7-8-22(11-18)17(23)14-4-2-3-13(9-14)15-20-16(24-21-15)12-5-6-12/h2-4,9,12H,5-8,10-11,19H2,1H3. The van der Waals surface area contributed by atoms with Crippen molar-refractivity contribution in [3.63, 3.8) is 0 Å². The number of likely N-dealkylation sites (tertiary alicyclic amines) is 1. The monoisotopic (exact) mass is 326 g/mol. The van der Waals surface area contributed by atoms with Crippen LogP contribution >= 0.6 is 0 Å². The summed E-state index contributed by atoms with van der Waals surface area (Å²) in [5.41, 5.74) is 7.34. The maximum Gasteiger partial charge on any atom is 0.253 e. The molecule has 0 radical (unpaired) electrons. The number of hydrogen-bond donors (Lipinski definition) is 1. The molecule has 1 unspecified atom stereocenters. The average Bonchev–Trinajstić information content (AvgIpc) is 3.20. The molecule has 1 aromatic heterocycles. The van der Waals surface area contributed by atoms with E-state index in [1.54, 1.807) is 0 Å². The minimum atomic E-state index is 0.0279. The van der Waals surface area contributed by atoms with Crippen LogP contribution < -0.4 is 5.73 Å². The molecule has 1 aliphatic heterocycles. The van der Waals surface area contributed by atoms with Gasteiger partial charge in [0.15, 0.2) is 0 Å². The quantitative estimate of drug-likeness (QED) is 0.932. The molecule has 24 heavy (non-hydrogen) atoms. The first-order valence-corrected chi connectivity index (χ1v) is 8.51. The summed E-state index contributed by atoms with van der Waals surface area (Å²) in [6.45, 7) is 4.20. The lowest BCUT2D eigenvalue weighted by atomic mass is 9.90. The zero-order chi connectivity index (χ0) is 16.7. The molecule has 2 N–H and O–H groups in total. The molecular weight excluding hydrogens is 304 g/mol. The minimum Gasteiger partial charge on any atom is -0.339 e. The first kappa shape index (κ1) is 15.3. The number of carbonyl (C=O) groups is 1. The van der Waals surface area contributed by atoms with Crippen LogP contribution in [0.3, 0.4) is 0 Å². The molecule has 0 bridgehead atoms. The fraction of sp³-hybridized carbons (Fsp3) is 0.500. The number of benzene rings is 1. The molecule has 1 aromatic carbocycles. The number of hydrogen-bond acceptors (Lipinski definition) is 5. The Balaban J connectivity index is 1.54.